The zero-order chi connectivity index (χ0) is 28.6. The number of unbranched alkanes of at least 4 members (excludes halogenated alkanes) is 12. The van der Waals surface area contributed by atoms with Crippen LogP contribution in [0.2, 0.25) is 0 Å². The highest BCUT2D eigenvalue weighted by atomic mass is 31.2. The molecule has 1 aliphatic carbocycles. The zero-order valence-electron chi connectivity index (χ0n) is 22.5. The number of hydrogen-bond acceptors (Lipinski definition) is 11. The van der Waals surface area contributed by atoms with Crippen molar-refractivity contribution >= 4 is 13.8 Å². The Morgan fingerprint density at radius 1 is 0.711 bits per heavy atom. The number of rotatable bonds is 21. The van der Waals surface area contributed by atoms with E-state index in [2.05, 4.69) is 16.0 Å². The van der Waals surface area contributed by atoms with E-state index in [0.717, 1.165) is 19.3 Å². The number of aliphatic hydroxyl groups is 6. The van der Waals surface area contributed by atoms with Crippen LogP contribution in [0.25, 0.3) is 0 Å². The Morgan fingerprint density at radius 2 is 1.13 bits per heavy atom. The summed E-state index contributed by atoms with van der Waals surface area (Å²) in [5, 5.41) is 58.5. The highest BCUT2D eigenvalue weighted by Gasteiger charge is 2.51. The van der Waals surface area contributed by atoms with Gasteiger partial charge < -0.3 is 40.3 Å². The van der Waals surface area contributed by atoms with Crippen molar-refractivity contribution in [2.75, 3.05) is 13.2 Å². The minimum atomic E-state index is -4.98. The molecule has 3 unspecified atom stereocenters. The molecule has 13 heteroatoms. The predicted molar refractivity (Wildman–Crippen MR) is 138 cm³/mol. The van der Waals surface area contributed by atoms with Crippen LogP contribution in [0.1, 0.15) is 96.8 Å². The molecule has 0 amide bonds. The number of phosphoric acid groups is 1. The Hall–Kier alpha value is -0.660. The average molecular weight is 573 g/mol. The lowest BCUT2D eigenvalue weighted by Crippen LogP contribution is -2.64. The van der Waals surface area contributed by atoms with Crippen molar-refractivity contribution in [3.8, 4) is 0 Å². The second-order valence-electron chi connectivity index (χ2n) is 10.1. The lowest BCUT2D eigenvalue weighted by atomic mass is 9.85. The van der Waals surface area contributed by atoms with E-state index in [0.29, 0.717) is 6.42 Å². The molecule has 0 saturated heterocycles. The van der Waals surface area contributed by atoms with Crippen molar-refractivity contribution in [2.24, 2.45) is 0 Å². The van der Waals surface area contributed by atoms with Gasteiger partial charge in [0.25, 0.3) is 0 Å². The van der Waals surface area contributed by atoms with Gasteiger partial charge in [-0.1, -0.05) is 84.0 Å². The molecule has 0 radical (unpaired) electrons. The van der Waals surface area contributed by atoms with Crippen molar-refractivity contribution in [2.45, 2.75) is 140 Å². The number of hydrogen-bond donors (Lipinski definition) is 7. The van der Waals surface area contributed by atoms with E-state index >= 15 is 0 Å². The smallest absolute Gasteiger partial charge is 0.463 e. The number of esters is 1. The maximum Gasteiger partial charge on any atom is 0.472 e. The third kappa shape index (κ3) is 14.1. The molecule has 0 aromatic carbocycles. The lowest BCUT2D eigenvalue weighted by Gasteiger charge is -2.41. The monoisotopic (exact) mass is 572 g/mol. The van der Waals surface area contributed by atoms with Crippen molar-refractivity contribution in [3.05, 3.63) is 0 Å². The van der Waals surface area contributed by atoms with E-state index in [-0.39, 0.29) is 6.42 Å². The molecule has 7 N–H and O–H groups in total. The van der Waals surface area contributed by atoms with Crippen molar-refractivity contribution < 1.29 is 58.7 Å². The molecular formula is C25H49O12P. The van der Waals surface area contributed by atoms with E-state index in [1.165, 1.54) is 57.8 Å². The van der Waals surface area contributed by atoms with Crippen LogP contribution in [-0.2, 0) is 23.1 Å². The van der Waals surface area contributed by atoms with Gasteiger partial charge in [0.05, 0.1) is 6.61 Å². The van der Waals surface area contributed by atoms with E-state index < -0.39 is 69.7 Å². The number of carbonyl (C=O) groups is 1. The summed E-state index contributed by atoms with van der Waals surface area (Å²) in [7, 11) is -4.98. The number of carbonyl (C=O) groups excluding carboxylic acids is 1. The minimum absolute atomic E-state index is 0.195. The first-order valence-corrected chi connectivity index (χ1v) is 15.4. The van der Waals surface area contributed by atoms with E-state index in [1.54, 1.807) is 0 Å². The topological polar surface area (TPSA) is 203 Å². The van der Waals surface area contributed by atoms with Gasteiger partial charge >= 0.3 is 13.8 Å². The Morgan fingerprint density at radius 3 is 1.61 bits per heavy atom. The molecule has 0 spiro atoms. The molecular weight excluding hydrogens is 523 g/mol. The lowest BCUT2D eigenvalue weighted by molar-refractivity contribution is -0.220. The van der Waals surface area contributed by atoms with Gasteiger partial charge in [-0.2, -0.15) is 0 Å². The molecule has 0 bridgehead atoms. The van der Waals surface area contributed by atoms with Crippen LogP contribution in [0.3, 0.4) is 0 Å². The van der Waals surface area contributed by atoms with Crippen LogP contribution in [0.15, 0.2) is 0 Å². The summed E-state index contributed by atoms with van der Waals surface area (Å²) in [6, 6.07) is 0. The Labute approximate surface area is 225 Å². The second-order valence-corrected chi connectivity index (χ2v) is 11.5. The fourth-order valence-corrected chi connectivity index (χ4v) is 5.26. The number of aliphatic hydroxyl groups excluding tert-OH is 6. The normalized spacial score (nSPS) is 28.1. The predicted octanol–water partition coefficient (Wildman–Crippen LogP) is 1.69. The maximum atomic E-state index is 12.1. The van der Waals surface area contributed by atoms with Crippen LogP contribution < -0.4 is 0 Å². The largest absolute Gasteiger partial charge is 0.472 e. The SMILES string of the molecule is CCCCCCCCCCCCCCCC(=O)OC[C@@H](O)COP(=O)(O)OC1[C@@H](O)[C@H](O)C(O)[C@@H](O)[C@H]1O. The molecule has 12 nitrogen and oxygen atoms in total. The standard InChI is InChI=1S/C25H49O12P/c1-2-3-4-5-6-7-8-9-10-11-12-13-14-15-19(27)35-16-18(26)17-36-38(33,34)37-25-23(31)21(29)20(28)22(30)24(25)32/h18,20-26,28-32H,2-17H2,1H3,(H,33,34)/t18-,20?,21-,22-,23-,24+,25?/m1/s1. The summed E-state index contributed by atoms with van der Waals surface area (Å²) >= 11 is 0. The summed E-state index contributed by atoms with van der Waals surface area (Å²) in [5.41, 5.74) is 0. The molecule has 8 atom stereocenters. The first-order chi connectivity index (χ1) is 18.0. The van der Waals surface area contributed by atoms with Crippen molar-refractivity contribution in [1.82, 2.24) is 0 Å². The van der Waals surface area contributed by atoms with Gasteiger partial charge in [-0.15, -0.1) is 0 Å². The van der Waals surface area contributed by atoms with E-state index in [9.17, 15) is 44.9 Å². The molecule has 38 heavy (non-hydrogen) atoms. The summed E-state index contributed by atoms with van der Waals surface area (Å²) in [6.45, 7) is 0.973. The molecule has 1 aliphatic rings. The van der Waals surface area contributed by atoms with E-state index in [4.69, 9.17) is 4.74 Å². The molecule has 0 heterocycles. The first kappa shape index (κ1) is 35.4. The zero-order valence-corrected chi connectivity index (χ0v) is 23.4. The van der Waals surface area contributed by atoms with E-state index in [1.807, 2.05) is 0 Å². The van der Waals surface area contributed by atoms with Gasteiger partial charge in [0.2, 0.25) is 0 Å². The summed E-state index contributed by atoms with van der Waals surface area (Å²) in [5.74, 6) is -0.509. The molecule has 226 valence electrons. The molecule has 0 aliphatic heterocycles. The molecule has 1 saturated carbocycles. The minimum Gasteiger partial charge on any atom is -0.463 e. The number of phosphoric ester groups is 1. The molecule has 1 rings (SSSR count). The van der Waals surface area contributed by atoms with Gasteiger partial charge in [-0.25, -0.2) is 4.57 Å². The van der Waals surface area contributed by atoms with Crippen molar-refractivity contribution in [3.63, 3.8) is 0 Å². The summed E-state index contributed by atoms with van der Waals surface area (Å²) < 4.78 is 26.3. The van der Waals surface area contributed by atoms with Crippen LogP contribution in [0.4, 0.5) is 0 Å². The highest BCUT2D eigenvalue weighted by molar-refractivity contribution is 7.47. The Balaban J connectivity index is 2.11. The third-order valence-electron chi connectivity index (χ3n) is 6.68. The second kappa shape index (κ2) is 19.4. The number of ether oxygens (including phenoxy) is 1. The van der Waals surface area contributed by atoms with Gasteiger partial charge in [-0.05, 0) is 6.42 Å². The Bertz CT molecular complexity index is 665. The molecule has 0 aromatic heterocycles. The summed E-state index contributed by atoms with van der Waals surface area (Å²) in [4.78, 5) is 21.6. The molecule has 1 fully saturated rings. The maximum absolute atomic E-state index is 12.1. The highest BCUT2D eigenvalue weighted by Crippen LogP contribution is 2.47. The van der Waals surface area contributed by atoms with Crippen LogP contribution >= 0.6 is 7.82 Å². The molecule has 0 aromatic rings. The Kier molecular flexibility index (Phi) is 18.1. The van der Waals surface area contributed by atoms with Gasteiger partial charge in [0.15, 0.2) is 0 Å². The van der Waals surface area contributed by atoms with Crippen molar-refractivity contribution in [1.29, 1.82) is 0 Å². The summed E-state index contributed by atoms with van der Waals surface area (Å²) in [6.07, 6.45) is 2.42. The van der Waals surface area contributed by atoms with Gasteiger partial charge in [-0.3, -0.25) is 13.8 Å². The third-order valence-corrected chi connectivity index (χ3v) is 7.66. The first-order valence-electron chi connectivity index (χ1n) is 13.9. The quantitative estimate of drug-likeness (QED) is 0.0596. The fraction of sp³-hybridized carbons (Fsp3) is 0.960. The van der Waals surface area contributed by atoms with Crippen LogP contribution in [0, 0.1) is 0 Å². The van der Waals surface area contributed by atoms with Gasteiger partial charge in [0, 0.05) is 6.42 Å². The van der Waals surface area contributed by atoms with Crippen LogP contribution in [-0.4, -0.2) is 97.4 Å². The fourth-order valence-electron chi connectivity index (χ4n) is 4.28. The van der Waals surface area contributed by atoms with Gasteiger partial charge in [0.1, 0.15) is 49.3 Å². The van der Waals surface area contributed by atoms with Crippen LogP contribution in [0.5, 0.6) is 0 Å². The average Bonchev–Trinajstić information content (AvgIpc) is 2.89.